The molecule has 3 nitrogen and oxygen atoms in total. The van der Waals surface area contributed by atoms with Gasteiger partial charge in [-0.15, -0.1) is 0 Å². The number of aromatic nitrogens is 1. The maximum absolute atomic E-state index is 13.8. The van der Waals surface area contributed by atoms with Crippen molar-refractivity contribution in [3.05, 3.63) is 53.5 Å². The molecule has 1 aromatic carbocycles. The lowest BCUT2D eigenvalue weighted by Gasteiger charge is -2.20. The zero-order chi connectivity index (χ0) is 14.8. The van der Waals surface area contributed by atoms with Gasteiger partial charge in [0.1, 0.15) is 11.6 Å². The zero-order valence-electron chi connectivity index (χ0n) is 12.4. The Hall–Kier alpha value is -1.94. The van der Waals surface area contributed by atoms with Crippen LogP contribution in [0.5, 0.6) is 0 Å². The smallest absolute Gasteiger partial charge is 0.146 e. The number of hydrogen-bond donors (Lipinski definition) is 1. The highest BCUT2D eigenvalue weighted by molar-refractivity contribution is 5.60. The fourth-order valence-electron chi connectivity index (χ4n) is 2.34. The number of benzene rings is 1. The topological polar surface area (TPSA) is 28.2 Å². The molecule has 1 aromatic heterocycles. The molecule has 1 aliphatic rings. The normalized spacial score (nSPS) is 14.2. The van der Waals surface area contributed by atoms with Gasteiger partial charge >= 0.3 is 0 Å². The van der Waals surface area contributed by atoms with Crippen LogP contribution in [0.15, 0.2) is 36.4 Å². The Kier molecular flexibility index (Phi) is 3.88. The van der Waals surface area contributed by atoms with Gasteiger partial charge in [0.05, 0.1) is 5.69 Å². The molecule has 1 heterocycles. The number of rotatable bonds is 5. The van der Waals surface area contributed by atoms with E-state index in [-0.39, 0.29) is 5.82 Å². The first-order valence-electron chi connectivity index (χ1n) is 7.33. The number of para-hydroxylation sites is 1. The van der Waals surface area contributed by atoms with Gasteiger partial charge in [0.15, 0.2) is 0 Å². The minimum absolute atomic E-state index is 0.237. The van der Waals surface area contributed by atoms with Gasteiger partial charge in [-0.2, -0.15) is 0 Å². The largest absolute Gasteiger partial charge is 0.327 e. The fourth-order valence-corrected chi connectivity index (χ4v) is 2.34. The van der Waals surface area contributed by atoms with Gasteiger partial charge in [-0.05, 0) is 43.5 Å². The molecule has 0 saturated heterocycles. The van der Waals surface area contributed by atoms with E-state index in [4.69, 9.17) is 0 Å². The molecule has 21 heavy (non-hydrogen) atoms. The maximum Gasteiger partial charge on any atom is 0.146 e. The van der Waals surface area contributed by atoms with Crippen LogP contribution >= 0.6 is 0 Å². The molecule has 0 aliphatic heterocycles. The van der Waals surface area contributed by atoms with Gasteiger partial charge in [0.25, 0.3) is 0 Å². The summed E-state index contributed by atoms with van der Waals surface area (Å²) in [4.78, 5) is 6.39. The SMILES string of the molecule is Cc1nc(N(C)c2ccccc2F)ccc1CNC1CC1. The van der Waals surface area contributed by atoms with Crippen molar-refractivity contribution in [2.75, 3.05) is 11.9 Å². The van der Waals surface area contributed by atoms with Crippen LogP contribution in [-0.4, -0.2) is 18.1 Å². The molecular formula is C17H20FN3. The molecule has 2 aromatic rings. The van der Waals surface area contributed by atoms with E-state index in [0.717, 1.165) is 18.1 Å². The number of nitrogens with zero attached hydrogens (tertiary/aromatic N) is 2. The average molecular weight is 285 g/mol. The first-order valence-corrected chi connectivity index (χ1v) is 7.33. The highest BCUT2D eigenvalue weighted by Gasteiger charge is 2.20. The molecule has 0 amide bonds. The molecule has 1 fully saturated rings. The van der Waals surface area contributed by atoms with E-state index in [1.807, 2.05) is 26.1 Å². The van der Waals surface area contributed by atoms with Crippen LogP contribution < -0.4 is 10.2 Å². The van der Waals surface area contributed by atoms with Gasteiger partial charge < -0.3 is 10.2 Å². The molecule has 0 radical (unpaired) electrons. The van der Waals surface area contributed by atoms with E-state index in [2.05, 4.69) is 16.4 Å². The van der Waals surface area contributed by atoms with Gasteiger partial charge in [-0.1, -0.05) is 18.2 Å². The lowest BCUT2D eigenvalue weighted by atomic mass is 10.2. The average Bonchev–Trinajstić information content (AvgIpc) is 3.30. The number of halogens is 1. The highest BCUT2D eigenvalue weighted by Crippen LogP contribution is 2.25. The van der Waals surface area contributed by atoms with E-state index < -0.39 is 0 Å². The van der Waals surface area contributed by atoms with Crippen LogP contribution in [-0.2, 0) is 6.54 Å². The number of pyridine rings is 1. The van der Waals surface area contributed by atoms with E-state index >= 15 is 0 Å². The molecule has 1 N–H and O–H groups in total. The van der Waals surface area contributed by atoms with Crippen molar-refractivity contribution in [1.29, 1.82) is 0 Å². The minimum Gasteiger partial charge on any atom is -0.327 e. The second kappa shape index (κ2) is 5.82. The van der Waals surface area contributed by atoms with Gasteiger partial charge in [0.2, 0.25) is 0 Å². The third-order valence-electron chi connectivity index (χ3n) is 3.90. The summed E-state index contributed by atoms with van der Waals surface area (Å²) in [5.41, 5.74) is 2.73. The maximum atomic E-state index is 13.8. The van der Waals surface area contributed by atoms with Crippen molar-refractivity contribution < 1.29 is 4.39 Å². The van der Waals surface area contributed by atoms with Crippen molar-refractivity contribution in [3.63, 3.8) is 0 Å². The van der Waals surface area contributed by atoms with Crippen molar-refractivity contribution >= 4 is 11.5 Å². The summed E-state index contributed by atoms with van der Waals surface area (Å²) in [5, 5.41) is 3.49. The van der Waals surface area contributed by atoms with Crippen molar-refractivity contribution in [3.8, 4) is 0 Å². The van der Waals surface area contributed by atoms with Crippen LogP contribution in [0.2, 0.25) is 0 Å². The number of nitrogens with one attached hydrogen (secondary N) is 1. The molecule has 0 atom stereocenters. The van der Waals surface area contributed by atoms with Crippen LogP contribution in [0.3, 0.4) is 0 Å². The van der Waals surface area contributed by atoms with Crippen LogP contribution in [0.1, 0.15) is 24.1 Å². The van der Waals surface area contributed by atoms with E-state index in [1.165, 1.54) is 24.5 Å². The number of aryl methyl sites for hydroxylation is 1. The Bertz CT molecular complexity index is 638. The van der Waals surface area contributed by atoms with Crippen LogP contribution in [0.4, 0.5) is 15.9 Å². The number of hydrogen-bond acceptors (Lipinski definition) is 3. The Morgan fingerprint density at radius 3 is 2.67 bits per heavy atom. The first-order chi connectivity index (χ1) is 10.1. The lowest BCUT2D eigenvalue weighted by Crippen LogP contribution is -2.18. The van der Waals surface area contributed by atoms with Crippen LogP contribution in [0, 0.1) is 12.7 Å². The van der Waals surface area contributed by atoms with E-state index in [9.17, 15) is 4.39 Å². The molecule has 1 saturated carbocycles. The molecule has 1 aliphatic carbocycles. The standard InChI is InChI=1S/C17H20FN3/c1-12-13(11-19-14-8-9-14)7-10-17(20-12)21(2)16-6-4-3-5-15(16)18/h3-7,10,14,19H,8-9,11H2,1-2H3. The molecule has 0 bridgehead atoms. The predicted octanol–water partition coefficient (Wildman–Crippen LogP) is 3.55. The first kappa shape index (κ1) is 14.0. The van der Waals surface area contributed by atoms with Crippen molar-refractivity contribution in [2.45, 2.75) is 32.4 Å². The molecule has 0 unspecified atom stereocenters. The minimum atomic E-state index is -0.237. The Balaban J connectivity index is 1.78. The van der Waals surface area contributed by atoms with Crippen molar-refractivity contribution in [1.82, 2.24) is 10.3 Å². The van der Waals surface area contributed by atoms with Gasteiger partial charge in [-0.25, -0.2) is 9.37 Å². The Morgan fingerprint density at radius 1 is 1.24 bits per heavy atom. The molecule has 4 heteroatoms. The summed E-state index contributed by atoms with van der Waals surface area (Å²) in [7, 11) is 1.84. The summed E-state index contributed by atoms with van der Waals surface area (Å²) in [6, 6.07) is 11.5. The fraction of sp³-hybridized carbons (Fsp3) is 0.353. The molecular weight excluding hydrogens is 265 g/mol. The van der Waals surface area contributed by atoms with E-state index in [0.29, 0.717) is 11.7 Å². The predicted molar refractivity (Wildman–Crippen MR) is 83.3 cm³/mol. The monoisotopic (exact) mass is 285 g/mol. The van der Waals surface area contributed by atoms with Crippen molar-refractivity contribution in [2.24, 2.45) is 0 Å². The second-order valence-corrected chi connectivity index (χ2v) is 5.58. The van der Waals surface area contributed by atoms with Crippen LogP contribution in [0.25, 0.3) is 0 Å². The quantitative estimate of drug-likeness (QED) is 0.910. The summed E-state index contributed by atoms with van der Waals surface area (Å²) >= 11 is 0. The summed E-state index contributed by atoms with van der Waals surface area (Å²) in [6.45, 7) is 2.86. The second-order valence-electron chi connectivity index (χ2n) is 5.58. The van der Waals surface area contributed by atoms with E-state index in [1.54, 1.807) is 17.0 Å². The number of anilines is 2. The molecule has 110 valence electrons. The third-order valence-corrected chi connectivity index (χ3v) is 3.90. The Morgan fingerprint density at radius 2 is 2.00 bits per heavy atom. The van der Waals surface area contributed by atoms with Gasteiger partial charge in [0, 0.05) is 25.3 Å². The highest BCUT2D eigenvalue weighted by atomic mass is 19.1. The zero-order valence-corrected chi connectivity index (χ0v) is 12.4. The van der Waals surface area contributed by atoms with Gasteiger partial charge in [-0.3, -0.25) is 0 Å². The summed E-state index contributed by atoms with van der Waals surface area (Å²) in [6.07, 6.45) is 2.56. The molecule has 3 rings (SSSR count). The third kappa shape index (κ3) is 3.22. The summed E-state index contributed by atoms with van der Waals surface area (Å²) < 4.78 is 13.8. The Labute approximate surface area is 124 Å². The lowest BCUT2D eigenvalue weighted by molar-refractivity contribution is 0.627. The molecule has 0 spiro atoms. The summed E-state index contributed by atoms with van der Waals surface area (Å²) in [5.74, 6) is 0.520.